The molecule has 0 radical (unpaired) electrons. The zero-order chi connectivity index (χ0) is 17.1. The molecule has 0 aliphatic carbocycles. The van der Waals surface area contributed by atoms with Gasteiger partial charge < -0.3 is 15.8 Å². The largest absolute Gasteiger partial charge is 0.394 e. The van der Waals surface area contributed by atoms with E-state index >= 15 is 0 Å². The van der Waals surface area contributed by atoms with Gasteiger partial charge in [-0.25, -0.2) is 4.68 Å². The van der Waals surface area contributed by atoms with Gasteiger partial charge in [0.1, 0.15) is 17.4 Å². The maximum absolute atomic E-state index is 12.4. The summed E-state index contributed by atoms with van der Waals surface area (Å²) in [6.07, 6.45) is 2.00. The number of aromatic nitrogens is 2. The number of nitrogen functional groups attached to an aromatic ring is 1. The van der Waals surface area contributed by atoms with Crippen molar-refractivity contribution in [2.45, 2.75) is 31.9 Å². The third kappa shape index (κ3) is 3.49. The Morgan fingerprint density at radius 1 is 1.62 bits per heavy atom. The van der Waals surface area contributed by atoms with E-state index in [0.717, 1.165) is 29.0 Å². The van der Waals surface area contributed by atoms with Crippen molar-refractivity contribution in [2.75, 3.05) is 18.9 Å². The second-order valence-electron chi connectivity index (χ2n) is 5.77. The highest BCUT2D eigenvalue weighted by molar-refractivity contribution is 7.13. The van der Waals surface area contributed by atoms with Gasteiger partial charge in [-0.15, -0.1) is 11.3 Å². The Morgan fingerprint density at radius 2 is 2.46 bits per heavy atom. The summed E-state index contributed by atoms with van der Waals surface area (Å²) in [5, 5.41) is 9.06. The van der Waals surface area contributed by atoms with E-state index in [1.807, 2.05) is 17.5 Å². The summed E-state index contributed by atoms with van der Waals surface area (Å²) in [4.78, 5) is 25.5. The third-order valence-electron chi connectivity index (χ3n) is 4.01. The number of amides is 1. The molecule has 0 unspecified atom stereocenters. The zero-order valence-electron chi connectivity index (χ0n) is 13.4. The smallest absolute Gasteiger partial charge is 0.290 e. The number of hydrogen-bond acceptors (Lipinski definition) is 6. The van der Waals surface area contributed by atoms with Crippen LogP contribution in [-0.4, -0.2) is 34.9 Å². The number of anilines is 1. The Labute approximate surface area is 143 Å². The van der Waals surface area contributed by atoms with E-state index in [1.54, 1.807) is 13.0 Å². The first-order valence-corrected chi connectivity index (χ1v) is 8.76. The maximum Gasteiger partial charge on any atom is 0.290 e. The summed E-state index contributed by atoms with van der Waals surface area (Å²) >= 11 is 1.50. The van der Waals surface area contributed by atoms with Crippen molar-refractivity contribution < 1.29 is 9.53 Å². The van der Waals surface area contributed by atoms with E-state index in [2.05, 4.69) is 10.4 Å². The highest BCUT2D eigenvalue weighted by Crippen LogP contribution is 2.23. The Hall–Kier alpha value is -2.19. The molecule has 0 bridgehead atoms. The maximum atomic E-state index is 12.4. The Kier molecular flexibility index (Phi) is 4.96. The van der Waals surface area contributed by atoms with E-state index in [-0.39, 0.29) is 17.7 Å². The van der Waals surface area contributed by atoms with Crippen molar-refractivity contribution in [2.24, 2.45) is 0 Å². The minimum atomic E-state index is -0.749. The molecule has 1 fully saturated rings. The molecule has 1 aliphatic rings. The molecule has 3 N–H and O–H groups in total. The van der Waals surface area contributed by atoms with Crippen LogP contribution in [-0.2, 0) is 9.53 Å². The number of carbonyl (C=O) groups excluding carboxylic acids is 1. The lowest BCUT2D eigenvalue weighted by Gasteiger charge is -2.17. The molecule has 1 saturated heterocycles. The second-order valence-corrected chi connectivity index (χ2v) is 6.72. The minimum absolute atomic E-state index is 0.0494. The van der Waals surface area contributed by atoms with Crippen LogP contribution in [0, 0.1) is 0 Å². The van der Waals surface area contributed by atoms with Gasteiger partial charge >= 0.3 is 0 Å². The minimum Gasteiger partial charge on any atom is -0.394 e. The Bertz CT molecular complexity index is 766. The number of nitrogens with one attached hydrogen (secondary N) is 1. The summed E-state index contributed by atoms with van der Waals surface area (Å²) < 4.78 is 6.63. The molecule has 24 heavy (non-hydrogen) atoms. The molecule has 2 atom stereocenters. The third-order valence-corrected chi connectivity index (χ3v) is 4.90. The lowest BCUT2D eigenvalue weighted by atomic mass is 10.2. The molecule has 128 valence electrons. The molecule has 3 rings (SSSR count). The monoisotopic (exact) mass is 348 g/mol. The Morgan fingerprint density at radius 3 is 3.12 bits per heavy atom. The van der Waals surface area contributed by atoms with Gasteiger partial charge in [0.15, 0.2) is 0 Å². The average Bonchev–Trinajstić information content (AvgIpc) is 3.27. The van der Waals surface area contributed by atoms with E-state index in [0.29, 0.717) is 12.2 Å². The van der Waals surface area contributed by atoms with Crippen LogP contribution in [0.3, 0.4) is 0 Å². The van der Waals surface area contributed by atoms with Gasteiger partial charge in [0.2, 0.25) is 5.91 Å². The molecule has 1 amide bonds. The lowest BCUT2D eigenvalue weighted by Crippen LogP contribution is -2.40. The van der Waals surface area contributed by atoms with E-state index in [9.17, 15) is 9.59 Å². The van der Waals surface area contributed by atoms with E-state index in [1.165, 1.54) is 11.3 Å². The first-order chi connectivity index (χ1) is 11.6. The predicted octanol–water partition coefficient (Wildman–Crippen LogP) is 1.41. The molecule has 8 heteroatoms. The normalized spacial score (nSPS) is 18.5. The van der Waals surface area contributed by atoms with Gasteiger partial charge in [-0.05, 0) is 37.3 Å². The quantitative estimate of drug-likeness (QED) is 0.851. The first kappa shape index (κ1) is 16.7. The highest BCUT2D eigenvalue weighted by atomic mass is 32.1. The molecule has 3 heterocycles. The van der Waals surface area contributed by atoms with Gasteiger partial charge in [0.25, 0.3) is 5.56 Å². The molecule has 0 spiro atoms. The van der Waals surface area contributed by atoms with Crippen molar-refractivity contribution in [3.05, 3.63) is 33.9 Å². The number of thiophene rings is 1. The molecule has 2 aromatic rings. The van der Waals surface area contributed by atoms with E-state index in [4.69, 9.17) is 10.5 Å². The molecular formula is C16H20N4O3S. The van der Waals surface area contributed by atoms with Crippen LogP contribution in [0.25, 0.3) is 10.6 Å². The second kappa shape index (κ2) is 7.14. The molecule has 1 aliphatic heterocycles. The van der Waals surface area contributed by atoms with Crippen LogP contribution >= 0.6 is 11.3 Å². The summed E-state index contributed by atoms with van der Waals surface area (Å²) in [7, 11) is 0. The van der Waals surface area contributed by atoms with Crippen molar-refractivity contribution in [3.8, 4) is 10.6 Å². The molecule has 7 nitrogen and oxygen atoms in total. The van der Waals surface area contributed by atoms with Crippen LogP contribution in [0.2, 0.25) is 0 Å². The van der Waals surface area contributed by atoms with Gasteiger partial charge in [-0.3, -0.25) is 9.59 Å². The van der Waals surface area contributed by atoms with Gasteiger partial charge in [0.05, 0.1) is 11.0 Å². The van der Waals surface area contributed by atoms with Gasteiger partial charge in [-0.2, -0.15) is 5.10 Å². The van der Waals surface area contributed by atoms with Crippen molar-refractivity contribution >= 4 is 22.9 Å². The van der Waals surface area contributed by atoms with Gasteiger partial charge in [0, 0.05) is 13.2 Å². The molecular weight excluding hydrogens is 328 g/mol. The summed E-state index contributed by atoms with van der Waals surface area (Å²) in [6.45, 7) is 2.81. The van der Waals surface area contributed by atoms with Crippen molar-refractivity contribution in [1.82, 2.24) is 15.1 Å². The molecule has 0 saturated carbocycles. The molecule has 2 aromatic heterocycles. The van der Waals surface area contributed by atoms with Gasteiger partial charge in [-0.1, -0.05) is 6.07 Å². The fourth-order valence-corrected chi connectivity index (χ4v) is 3.30. The summed E-state index contributed by atoms with van der Waals surface area (Å²) in [5.74, 6) is -0.275. The number of ether oxygens (including phenoxy) is 1. The zero-order valence-corrected chi connectivity index (χ0v) is 14.2. The average molecular weight is 348 g/mol. The Balaban J connectivity index is 1.79. The predicted molar refractivity (Wildman–Crippen MR) is 92.9 cm³/mol. The van der Waals surface area contributed by atoms with Crippen LogP contribution in [0.1, 0.15) is 25.8 Å². The highest BCUT2D eigenvalue weighted by Gasteiger charge is 2.22. The summed E-state index contributed by atoms with van der Waals surface area (Å²) in [6, 6.07) is 4.58. The SMILES string of the molecule is C[C@H](C(=O)NC[C@H]1CCCO1)n1nc(-c2cccs2)cc(N)c1=O. The standard InChI is InChI=1S/C16H20N4O3S/c1-10(15(21)18-9-11-4-2-6-23-11)20-16(22)12(17)8-13(19-20)14-5-3-7-24-14/h3,5,7-8,10-11H,2,4,6,9,17H2,1H3,(H,18,21)/t10-,11-/m1/s1. The van der Waals surface area contributed by atoms with Crippen LogP contribution in [0.4, 0.5) is 5.69 Å². The number of hydrogen-bond donors (Lipinski definition) is 2. The lowest BCUT2D eigenvalue weighted by molar-refractivity contribution is -0.124. The topological polar surface area (TPSA) is 99.2 Å². The fourth-order valence-electron chi connectivity index (χ4n) is 2.62. The van der Waals surface area contributed by atoms with Crippen LogP contribution < -0.4 is 16.6 Å². The van der Waals surface area contributed by atoms with Crippen molar-refractivity contribution in [1.29, 1.82) is 0 Å². The number of nitrogens with two attached hydrogens (primary N) is 1. The number of rotatable bonds is 5. The van der Waals surface area contributed by atoms with E-state index < -0.39 is 11.6 Å². The number of carbonyl (C=O) groups is 1. The summed E-state index contributed by atoms with van der Waals surface area (Å²) in [5.41, 5.74) is 6.02. The van der Waals surface area contributed by atoms with Crippen LogP contribution in [0.15, 0.2) is 28.4 Å². The first-order valence-electron chi connectivity index (χ1n) is 7.89. The molecule has 0 aromatic carbocycles. The van der Waals surface area contributed by atoms with Crippen molar-refractivity contribution in [3.63, 3.8) is 0 Å². The van der Waals surface area contributed by atoms with Crippen LogP contribution in [0.5, 0.6) is 0 Å². The fraction of sp³-hybridized carbons (Fsp3) is 0.438. The number of nitrogens with zero attached hydrogens (tertiary/aromatic N) is 2.